The van der Waals surface area contributed by atoms with Crippen molar-refractivity contribution in [3.05, 3.63) is 64.7 Å². The molecule has 0 unspecified atom stereocenters. The van der Waals surface area contributed by atoms with Crippen LogP contribution in [0.15, 0.2) is 48.5 Å². The summed E-state index contributed by atoms with van der Waals surface area (Å²) in [5.41, 5.74) is 3.85. The van der Waals surface area contributed by atoms with Crippen LogP contribution in [-0.4, -0.2) is 43.7 Å². The molecule has 2 aromatic carbocycles. The highest BCUT2D eigenvalue weighted by Gasteiger charge is 2.21. The van der Waals surface area contributed by atoms with Gasteiger partial charge in [0.1, 0.15) is 0 Å². The van der Waals surface area contributed by atoms with E-state index in [-0.39, 0.29) is 6.03 Å². The van der Waals surface area contributed by atoms with Crippen molar-refractivity contribution in [2.75, 3.05) is 37.6 Å². The highest BCUT2D eigenvalue weighted by atomic mass is 35.5. The maximum absolute atomic E-state index is 12.4. The first-order valence-corrected chi connectivity index (χ1v) is 9.65. The van der Waals surface area contributed by atoms with Crippen molar-refractivity contribution >= 4 is 23.3 Å². The molecule has 1 aliphatic heterocycles. The minimum atomic E-state index is 0.0300. The van der Waals surface area contributed by atoms with Crippen LogP contribution in [0, 0.1) is 0 Å². The number of anilines is 1. The van der Waals surface area contributed by atoms with Gasteiger partial charge in [-0.15, -0.1) is 0 Å². The first kappa shape index (κ1) is 18.6. The van der Waals surface area contributed by atoms with Gasteiger partial charge < -0.3 is 15.1 Å². The number of nitrogens with one attached hydrogen (secondary N) is 1. The second-order valence-electron chi connectivity index (χ2n) is 6.56. The summed E-state index contributed by atoms with van der Waals surface area (Å²) in [4.78, 5) is 16.7. The van der Waals surface area contributed by atoms with Crippen LogP contribution in [0.3, 0.4) is 0 Å². The quantitative estimate of drug-likeness (QED) is 0.862. The van der Waals surface area contributed by atoms with E-state index in [0.29, 0.717) is 6.54 Å². The lowest BCUT2D eigenvalue weighted by Crippen LogP contribution is -2.52. The van der Waals surface area contributed by atoms with E-state index < -0.39 is 0 Å². The SMILES string of the molecule is CCc1ccccc1N1CCN(C(=O)NCCc2ccc(Cl)cc2)CC1. The Balaban J connectivity index is 1.45. The molecule has 1 fully saturated rings. The van der Waals surface area contributed by atoms with Gasteiger partial charge in [-0.1, -0.05) is 48.9 Å². The Labute approximate surface area is 160 Å². The molecule has 1 aliphatic rings. The normalized spacial score (nSPS) is 14.4. The summed E-state index contributed by atoms with van der Waals surface area (Å²) in [6, 6.07) is 16.3. The lowest BCUT2D eigenvalue weighted by Gasteiger charge is -2.37. The van der Waals surface area contributed by atoms with Gasteiger partial charge in [-0.25, -0.2) is 4.79 Å². The average molecular weight is 372 g/mol. The van der Waals surface area contributed by atoms with Gasteiger partial charge >= 0.3 is 6.03 Å². The third kappa shape index (κ3) is 4.70. The topological polar surface area (TPSA) is 35.6 Å². The van der Waals surface area contributed by atoms with E-state index in [0.717, 1.165) is 44.0 Å². The molecule has 0 atom stereocenters. The molecule has 0 aromatic heterocycles. The number of halogens is 1. The highest BCUT2D eigenvalue weighted by molar-refractivity contribution is 6.30. The van der Waals surface area contributed by atoms with E-state index in [2.05, 4.69) is 41.4 Å². The molecular formula is C21H26ClN3O. The van der Waals surface area contributed by atoms with Gasteiger partial charge in [0.25, 0.3) is 0 Å². The number of hydrogen-bond acceptors (Lipinski definition) is 2. The Bertz CT molecular complexity index is 724. The molecule has 26 heavy (non-hydrogen) atoms. The summed E-state index contributed by atoms with van der Waals surface area (Å²) in [6.07, 6.45) is 1.84. The maximum atomic E-state index is 12.4. The van der Waals surface area contributed by atoms with Crippen LogP contribution in [0.2, 0.25) is 5.02 Å². The number of rotatable bonds is 5. The molecule has 1 saturated heterocycles. The van der Waals surface area contributed by atoms with Crippen LogP contribution in [0.4, 0.5) is 10.5 Å². The minimum Gasteiger partial charge on any atom is -0.368 e. The summed E-state index contributed by atoms with van der Waals surface area (Å²) in [5, 5.41) is 3.76. The Morgan fingerprint density at radius 2 is 1.73 bits per heavy atom. The van der Waals surface area contributed by atoms with E-state index in [4.69, 9.17) is 11.6 Å². The van der Waals surface area contributed by atoms with Crippen LogP contribution in [0.5, 0.6) is 0 Å². The zero-order valence-electron chi connectivity index (χ0n) is 15.2. The molecule has 0 bridgehead atoms. The zero-order chi connectivity index (χ0) is 18.4. The molecule has 138 valence electrons. The van der Waals surface area contributed by atoms with E-state index in [9.17, 15) is 4.79 Å². The molecular weight excluding hydrogens is 346 g/mol. The lowest BCUT2D eigenvalue weighted by atomic mass is 10.1. The fraction of sp³-hybridized carbons (Fsp3) is 0.381. The van der Waals surface area contributed by atoms with Crippen LogP contribution in [0.1, 0.15) is 18.1 Å². The van der Waals surface area contributed by atoms with Crippen molar-refractivity contribution in [3.63, 3.8) is 0 Å². The summed E-state index contributed by atoms with van der Waals surface area (Å²) < 4.78 is 0. The van der Waals surface area contributed by atoms with Crippen molar-refractivity contribution in [2.45, 2.75) is 19.8 Å². The van der Waals surface area contributed by atoms with Gasteiger partial charge in [0, 0.05) is 43.4 Å². The number of carbonyl (C=O) groups excluding carboxylic acids is 1. The minimum absolute atomic E-state index is 0.0300. The molecule has 0 radical (unpaired) electrons. The van der Waals surface area contributed by atoms with Gasteiger partial charge in [-0.2, -0.15) is 0 Å². The molecule has 2 amide bonds. The Morgan fingerprint density at radius 1 is 1.04 bits per heavy atom. The molecule has 2 aromatic rings. The van der Waals surface area contributed by atoms with Crippen molar-refractivity contribution in [1.29, 1.82) is 0 Å². The third-order valence-corrected chi connectivity index (χ3v) is 5.14. The number of urea groups is 1. The number of carbonyl (C=O) groups is 1. The van der Waals surface area contributed by atoms with Gasteiger partial charge in [0.2, 0.25) is 0 Å². The predicted octanol–water partition coefficient (Wildman–Crippen LogP) is 3.98. The number of benzene rings is 2. The van der Waals surface area contributed by atoms with Crippen molar-refractivity contribution < 1.29 is 4.79 Å². The second-order valence-corrected chi connectivity index (χ2v) is 7.00. The third-order valence-electron chi connectivity index (χ3n) is 4.88. The van der Waals surface area contributed by atoms with Crippen molar-refractivity contribution in [2.24, 2.45) is 0 Å². The van der Waals surface area contributed by atoms with Crippen LogP contribution >= 0.6 is 11.6 Å². The molecule has 1 N–H and O–H groups in total. The van der Waals surface area contributed by atoms with Gasteiger partial charge in [0.05, 0.1) is 0 Å². The Morgan fingerprint density at radius 3 is 2.42 bits per heavy atom. The van der Waals surface area contributed by atoms with E-state index in [1.165, 1.54) is 16.8 Å². The summed E-state index contributed by atoms with van der Waals surface area (Å²) >= 11 is 5.89. The largest absolute Gasteiger partial charge is 0.368 e. The fourth-order valence-electron chi connectivity index (χ4n) is 3.35. The van der Waals surface area contributed by atoms with Crippen molar-refractivity contribution in [1.82, 2.24) is 10.2 Å². The van der Waals surface area contributed by atoms with E-state index in [1.807, 2.05) is 29.2 Å². The second kappa shape index (κ2) is 8.95. The standard InChI is InChI=1S/C21H26ClN3O/c1-2-18-5-3-4-6-20(18)24-13-15-25(16-14-24)21(26)23-12-11-17-7-9-19(22)10-8-17/h3-10H,2,11-16H2,1H3,(H,23,26). The zero-order valence-corrected chi connectivity index (χ0v) is 16.0. The smallest absolute Gasteiger partial charge is 0.317 e. The molecule has 0 aliphatic carbocycles. The number of aryl methyl sites for hydroxylation is 1. The van der Waals surface area contributed by atoms with Gasteiger partial charge in [-0.3, -0.25) is 0 Å². The number of piperazine rings is 1. The maximum Gasteiger partial charge on any atom is 0.317 e. The number of hydrogen-bond donors (Lipinski definition) is 1. The number of para-hydroxylation sites is 1. The van der Waals surface area contributed by atoms with Crippen LogP contribution < -0.4 is 10.2 Å². The van der Waals surface area contributed by atoms with Gasteiger partial charge in [-0.05, 0) is 42.2 Å². The van der Waals surface area contributed by atoms with Crippen LogP contribution in [-0.2, 0) is 12.8 Å². The van der Waals surface area contributed by atoms with E-state index >= 15 is 0 Å². The molecule has 5 heteroatoms. The molecule has 3 rings (SSSR count). The van der Waals surface area contributed by atoms with Crippen molar-refractivity contribution in [3.8, 4) is 0 Å². The highest BCUT2D eigenvalue weighted by Crippen LogP contribution is 2.22. The summed E-state index contributed by atoms with van der Waals surface area (Å²) in [5.74, 6) is 0. The summed E-state index contributed by atoms with van der Waals surface area (Å²) in [7, 11) is 0. The fourth-order valence-corrected chi connectivity index (χ4v) is 3.47. The van der Waals surface area contributed by atoms with Crippen LogP contribution in [0.25, 0.3) is 0 Å². The number of nitrogens with zero attached hydrogens (tertiary/aromatic N) is 2. The first-order valence-electron chi connectivity index (χ1n) is 9.27. The first-order chi connectivity index (χ1) is 12.7. The monoisotopic (exact) mass is 371 g/mol. The van der Waals surface area contributed by atoms with Gasteiger partial charge in [0.15, 0.2) is 0 Å². The Kier molecular flexibility index (Phi) is 6.40. The molecule has 0 saturated carbocycles. The van der Waals surface area contributed by atoms with E-state index in [1.54, 1.807) is 0 Å². The average Bonchev–Trinajstić information content (AvgIpc) is 2.69. The predicted molar refractivity (Wildman–Crippen MR) is 108 cm³/mol. The Hall–Kier alpha value is -2.20. The molecule has 1 heterocycles. The summed E-state index contributed by atoms with van der Waals surface area (Å²) in [6.45, 7) is 6.08. The lowest BCUT2D eigenvalue weighted by molar-refractivity contribution is 0.194. The number of amides is 2. The molecule has 4 nitrogen and oxygen atoms in total. The molecule has 0 spiro atoms.